The number of benzene rings is 2. The average Bonchev–Trinajstić information content (AvgIpc) is 2.59. The van der Waals surface area contributed by atoms with Gasteiger partial charge in [0, 0.05) is 32.7 Å². The molecule has 1 saturated heterocycles. The molecule has 3 nitrogen and oxygen atoms in total. The summed E-state index contributed by atoms with van der Waals surface area (Å²) in [5.74, 6) is 0. The lowest BCUT2D eigenvalue weighted by molar-refractivity contribution is 0.109. The predicted octanol–water partition coefficient (Wildman–Crippen LogP) is 3.07. The summed E-state index contributed by atoms with van der Waals surface area (Å²) >= 11 is 0. The van der Waals surface area contributed by atoms with E-state index in [4.69, 9.17) is 0 Å². The lowest BCUT2D eigenvalue weighted by Crippen LogP contribution is -2.46. The molecule has 0 saturated carbocycles. The van der Waals surface area contributed by atoms with E-state index in [1.807, 2.05) is 30.3 Å². The first-order valence-corrected chi connectivity index (χ1v) is 7.82. The Morgan fingerprint density at radius 2 is 1.45 bits per heavy atom. The molecule has 0 aromatic heterocycles. The zero-order valence-electron chi connectivity index (χ0n) is 12.7. The third kappa shape index (κ3) is 3.54. The number of piperazine rings is 1. The first-order chi connectivity index (χ1) is 10.9. The van der Waals surface area contributed by atoms with Crippen LogP contribution in [0.3, 0.4) is 0 Å². The molecule has 1 aliphatic rings. The normalized spacial score (nSPS) is 17.8. The van der Waals surface area contributed by atoms with E-state index in [2.05, 4.69) is 46.2 Å². The predicted molar refractivity (Wildman–Crippen MR) is 88.1 cm³/mol. The Morgan fingerprint density at radius 3 is 2.05 bits per heavy atom. The summed E-state index contributed by atoms with van der Waals surface area (Å²) < 4.78 is 0. The number of rotatable bonds is 4. The second-order valence-corrected chi connectivity index (χ2v) is 5.74. The summed E-state index contributed by atoms with van der Waals surface area (Å²) in [7, 11) is 0. The molecule has 3 heteroatoms. The van der Waals surface area contributed by atoms with Crippen molar-refractivity contribution in [1.29, 1.82) is 5.26 Å². The molecule has 1 atom stereocenters. The number of hydrogen-bond donors (Lipinski definition) is 0. The van der Waals surface area contributed by atoms with Crippen LogP contribution in [0.15, 0.2) is 60.7 Å². The Balaban J connectivity index is 1.58. The molecule has 1 heterocycles. The van der Waals surface area contributed by atoms with Gasteiger partial charge in [-0.25, -0.2) is 0 Å². The standard InChI is InChI=1S/C19H21N3/c20-15-19(18-9-5-2-6-10-18)22-13-11-21(12-14-22)16-17-7-3-1-4-8-17/h1-10,19H,11-14,16H2. The highest BCUT2D eigenvalue weighted by Crippen LogP contribution is 2.21. The Hall–Kier alpha value is -2.15. The first kappa shape index (κ1) is 14.8. The van der Waals surface area contributed by atoms with E-state index >= 15 is 0 Å². The third-order valence-electron chi connectivity index (χ3n) is 4.26. The summed E-state index contributed by atoms with van der Waals surface area (Å²) in [5.41, 5.74) is 2.46. The fourth-order valence-electron chi connectivity index (χ4n) is 3.02. The Kier molecular flexibility index (Phi) is 4.85. The van der Waals surface area contributed by atoms with E-state index in [0.717, 1.165) is 38.3 Å². The molecule has 1 unspecified atom stereocenters. The summed E-state index contributed by atoms with van der Waals surface area (Å²) in [5, 5.41) is 9.53. The van der Waals surface area contributed by atoms with Gasteiger partial charge in [0.15, 0.2) is 0 Å². The van der Waals surface area contributed by atoms with Crippen LogP contribution in [-0.2, 0) is 6.54 Å². The van der Waals surface area contributed by atoms with Crippen LogP contribution >= 0.6 is 0 Å². The van der Waals surface area contributed by atoms with E-state index in [1.54, 1.807) is 0 Å². The van der Waals surface area contributed by atoms with Crippen LogP contribution < -0.4 is 0 Å². The molecule has 2 aromatic rings. The van der Waals surface area contributed by atoms with Gasteiger partial charge in [0.25, 0.3) is 0 Å². The van der Waals surface area contributed by atoms with Gasteiger partial charge in [0.05, 0.1) is 6.07 Å². The molecule has 1 aliphatic heterocycles. The van der Waals surface area contributed by atoms with Gasteiger partial charge in [0.2, 0.25) is 0 Å². The Bertz CT molecular complexity index is 610. The maximum absolute atomic E-state index is 9.53. The van der Waals surface area contributed by atoms with E-state index in [9.17, 15) is 5.26 Å². The molecule has 2 aromatic carbocycles. The SMILES string of the molecule is N#CC(c1ccccc1)N1CCN(Cc2ccccc2)CC1. The van der Waals surface area contributed by atoms with Crippen molar-refractivity contribution in [3.63, 3.8) is 0 Å². The van der Waals surface area contributed by atoms with Crippen LogP contribution in [0.5, 0.6) is 0 Å². The highest BCUT2D eigenvalue weighted by Gasteiger charge is 2.24. The second kappa shape index (κ2) is 7.22. The van der Waals surface area contributed by atoms with Crippen molar-refractivity contribution in [3.05, 3.63) is 71.8 Å². The topological polar surface area (TPSA) is 30.3 Å². The van der Waals surface area contributed by atoms with Crippen molar-refractivity contribution >= 4 is 0 Å². The minimum absolute atomic E-state index is 0.125. The van der Waals surface area contributed by atoms with Crippen LogP contribution in [0.1, 0.15) is 17.2 Å². The summed E-state index contributed by atoms with van der Waals surface area (Å²) in [6.45, 7) is 4.91. The van der Waals surface area contributed by atoms with Crippen LogP contribution in [0, 0.1) is 11.3 Å². The van der Waals surface area contributed by atoms with Gasteiger partial charge < -0.3 is 0 Å². The van der Waals surface area contributed by atoms with Gasteiger partial charge in [-0.15, -0.1) is 0 Å². The first-order valence-electron chi connectivity index (χ1n) is 7.82. The molecule has 0 bridgehead atoms. The monoisotopic (exact) mass is 291 g/mol. The molecule has 0 aliphatic carbocycles. The molecule has 0 radical (unpaired) electrons. The smallest absolute Gasteiger partial charge is 0.123 e. The van der Waals surface area contributed by atoms with Gasteiger partial charge in [-0.3, -0.25) is 9.80 Å². The van der Waals surface area contributed by atoms with Crippen LogP contribution in [0.4, 0.5) is 0 Å². The Labute approximate surface area is 132 Å². The van der Waals surface area contributed by atoms with Crippen molar-refractivity contribution in [1.82, 2.24) is 9.80 Å². The molecule has 112 valence electrons. The summed E-state index contributed by atoms with van der Waals surface area (Å²) in [6.07, 6.45) is 0. The van der Waals surface area contributed by atoms with Crippen molar-refractivity contribution < 1.29 is 0 Å². The quantitative estimate of drug-likeness (QED) is 0.867. The van der Waals surface area contributed by atoms with Gasteiger partial charge in [0.1, 0.15) is 6.04 Å². The largest absolute Gasteiger partial charge is 0.297 e. The number of nitrogens with zero attached hydrogens (tertiary/aromatic N) is 3. The van der Waals surface area contributed by atoms with Crippen molar-refractivity contribution in [2.75, 3.05) is 26.2 Å². The van der Waals surface area contributed by atoms with Crippen molar-refractivity contribution in [2.45, 2.75) is 12.6 Å². The van der Waals surface area contributed by atoms with Gasteiger partial charge in [-0.05, 0) is 11.1 Å². The van der Waals surface area contributed by atoms with Crippen molar-refractivity contribution in [2.24, 2.45) is 0 Å². The number of nitriles is 1. The minimum Gasteiger partial charge on any atom is -0.297 e. The number of hydrogen-bond acceptors (Lipinski definition) is 3. The molecule has 0 N–H and O–H groups in total. The minimum atomic E-state index is -0.125. The zero-order chi connectivity index (χ0) is 15.2. The lowest BCUT2D eigenvalue weighted by atomic mass is 10.1. The average molecular weight is 291 g/mol. The lowest BCUT2D eigenvalue weighted by Gasteiger charge is -2.37. The highest BCUT2D eigenvalue weighted by molar-refractivity contribution is 5.24. The molecule has 22 heavy (non-hydrogen) atoms. The van der Waals surface area contributed by atoms with E-state index in [-0.39, 0.29) is 6.04 Å². The fourth-order valence-corrected chi connectivity index (χ4v) is 3.02. The molecular weight excluding hydrogens is 270 g/mol. The molecule has 3 rings (SSSR count). The summed E-state index contributed by atoms with van der Waals surface area (Å²) in [4.78, 5) is 4.75. The van der Waals surface area contributed by atoms with Crippen LogP contribution in [0.2, 0.25) is 0 Å². The zero-order valence-corrected chi connectivity index (χ0v) is 12.7. The molecular formula is C19H21N3. The Morgan fingerprint density at radius 1 is 0.864 bits per heavy atom. The molecule has 0 amide bonds. The van der Waals surface area contributed by atoms with Gasteiger partial charge in [-0.1, -0.05) is 60.7 Å². The fraction of sp³-hybridized carbons (Fsp3) is 0.316. The van der Waals surface area contributed by atoms with Gasteiger partial charge in [-0.2, -0.15) is 5.26 Å². The van der Waals surface area contributed by atoms with E-state index in [0.29, 0.717) is 0 Å². The molecule has 0 spiro atoms. The second-order valence-electron chi connectivity index (χ2n) is 5.74. The highest BCUT2D eigenvalue weighted by atomic mass is 15.3. The maximum atomic E-state index is 9.53. The summed E-state index contributed by atoms with van der Waals surface area (Å²) in [6, 6.07) is 23.0. The third-order valence-corrected chi connectivity index (χ3v) is 4.26. The molecule has 1 fully saturated rings. The van der Waals surface area contributed by atoms with Gasteiger partial charge >= 0.3 is 0 Å². The van der Waals surface area contributed by atoms with Crippen molar-refractivity contribution in [3.8, 4) is 6.07 Å². The maximum Gasteiger partial charge on any atom is 0.123 e. The van der Waals surface area contributed by atoms with E-state index < -0.39 is 0 Å². The van der Waals surface area contributed by atoms with E-state index in [1.165, 1.54) is 5.56 Å². The van der Waals surface area contributed by atoms with Crippen LogP contribution in [-0.4, -0.2) is 36.0 Å². The van der Waals surface area contributed by atoms with Crippen LogP contribution in [0.25, 0.3) is 0 Å².